The van der Waals surface area contributed by atoms with Crippen LogP contribution in [0.3, 0.4) is 0 Å². The summed E-state index contributed by atoms with van der Waals surface area (Å²) in [5, 5.41) is 1.83. The fourth-order valence-corrected chi connectivity index (χ4v) is 4.29. The minimum Gasteiger partial charge on any atom is -0.494 e. The smallest absolute Gasteiger partial charge is 0.238 e. The maximum atomic E-state index is 12.1. The predicted molar refractivity (Wildman–Crippen MR) is 80.9 cm³/mol. The molecule has 0 radical (unpaired) electrons. The average molecular weight is 311 g/mol. The standard InChI is InChI=1S/C15H21NO4S/c1-2-20-13-7-5-6-12(10-13)11-16-15(17)14-8-3-4-9-21(14,18)19/h5-7,10,14H,2-4,8-9,11H2,1H3,(H,16,17). The summed E-state index contributed by atoms with van der Waals surface area (Å²) in [6.07, 6.45) is 1.87. The molecule has 0 spiro atoms. The number of carbonyl (C=O) groups is 1. The number of sulfone groups is 1. The molecule has 2 rings (SSSR count). The zero-order chi connectivity index (χ0) is 15.3. The molecule has 1 atom stereocenters. The van der Waals surface area contributed by atoms with Gasteiger partial charge in [0.1, 0.15) is 11.0 Å². The number of hydrogen-bond acceptors (Lipinski definition) is 4. The Morgan fingerprint density at radius 1 is 1.38 bits per heavy atom. The SMILES string of the molecule is CCOc1cccc(CNC(=O)C2CCCCS2(=O)=O)c1. The van der Waals surface area contributed by atoms with Gasteiger partial charge in [-0.2, -0.15) is 0 Å². The number of ether oxygens (including phenoxy) is 1. The number of carbonyl (C=O) groups excluding carboxylic acids is 1. The minimum atomic E-state index is -3.28. The summed E-state index contributed by atoms with van der Waals surface area (Å²) in [5.74, 6) is 0.469. The molecule has 1 aromatic rings. The van der Waals surface area contributed by atoms with Crippen molar-refractivity contribution in [1.29, 1.82) is 0 Å². The fourth-order valence-electron chi connectivity index (χ4n) is 2.46. The molecule has 116 valence electrons. The number of hydrogen-bond donors (Lipinski definition) is 1. The van der Waals surface area contributed by atoms with Crippen LogP contribution in [-0.4, -0.2) is 31.9 Å². The van der Waals surface area contributed by atoms with Crippen molar-refractivity contribution in [2.75, 3.05) is 12.4 Å². The van der Waals surface area contributed by atoms with Crippen molar-refractivity contribution in [2.45, 2.75) is 38.0 Å². The van der Waals surface area contributed by atoms with Gasteiger partial charge >= 0.3 is 0 Å². The van der Waals surface area contributed by atoms with E-state index in [1.54, 1.807) is 0 Å². The summed E-state index contributed by atoms with van der Waals surface area (Å²) in [5.41, 5.74) is 0.891. The molecule has 0 aliphatic carbocycles. The molecule has 1 heterocycles. The first-order valence-electron chi connectivity index (χ1n) is 7.24. The van der Waals surface area contributed by atoms with Gasteiger partial charge < -0.3 is 10.1 Å². The summed E-state index contributed by atoms with van der Waals surface area (Å²) in [7, 11) is -3.28. The van der Waals surface area contributed by atoms with Gasteiger partial charge in [-0.05, 0) is 37.5 Å². The maximum Gasteiger partial charge on any atom is 0.238 e. The molecule has 1 fully saturated rings. The Morgan fingerprint density at radius 2 is 2.19 bits per heavy atom. The summed E-state index contributed by atoms with van der Waals surface area (Å²) in [6, 6.07) is 7.42. The van der Waals surface area contributed by atoms with Crippen molar-refractivity contribution >= 4 is 15.7 Å². The van der Waals surface area contributed by atoms with Crippen molar-refractivity contribution < 1.29 is 17.9 Å². The van der Waals surface area contributed by atoms with E-state index in [1.165, 1.54) is 0 Å². The van der Waals surface area contributed by atoms with E-state index in [1.807, 2.05) is 31.2 Å². The predicted octanol–water partition coefficient (Wildman–Crippen LogP) is 1.67. The van der Waals surface area contributed by atoms with Crippen LogP contribution in [0.5, 0.6) is 5.75 Å². The number of nitrogens with one attached hydrogen (secondary N) is 1. The Kier molecular flexibility index (Phi) is 5.22. The quantitative estimate of drug-likeness (QED) is 0.898. The minimum absolute atomic E-state index is 0.116. The Balaban J connectivity index is 1.96. The number of amides is 1. The van der Waals surface area contributed by atoms with E-state index in [9.17, 15) is 13.2 Å². The van der Waals surface area contributed by atoms with Gasteiger partial charge in [-0.15, -0.1) is 0 Å². The largest absolute Gasteiger partial charge is 0.494 e. The fraction of sp³-hybridized carbons (Fsp3) is 0.533. The van der Waals surface area contributed by atoms with E-state index in [0.29, 0.717) is 26.0 Å². The lowest BCUT2D eigenvalue weighted by molar-refractivity contribution is -0.121. The second kappa shape index (κ2) is 6.93. The average Bonchev–Trinajstić information content (AvgIpc) is 2.45. The van der Waals surface area contributed by atoms with Crippen LogP contribution in [0.4, 0.5) is 0 Å². The number of benzene rings is 1. The molecular formula is C15H21NO4S. The summed E-state index contributed by atoms with van der Waals surface area (Å²) >= 11 is 0. The molecule has 1 aliphatic heterocycles. The first-order valence-corrected chi connectivity index (χ1v) is 8.95. The summed E-state index contributed by atoms with van der Waals surface area (Å²) in [4.78, 5) is 12.1. The zero-order valence-corrected chi connectivity index (χ0v) is 13.0. The molecule has 1 aliphatic rings. The van der Waals surface area contributed by atoms with Gasteiger partial charge in [-0.25, -0.2) is 8.42 Å². The third-order valence-corrected chi connectivity index (χ3v) is 5.72. The van der Waals surface area contributed by atoms with Gasteiger partial charge in [0, 0.05) is 6.54 Å². The van der Waals surface area contributed by atoms with E-state index in [-0.39, 0.29) is 5.75 Å². The second-order valence-corrected chi connectivity index (χ2v) is 7.45. The van der Waals surface area contributed by atoms with Crippen LogP contribution in [0.15, 0.2) is 24.3 Å². The molecule has 5 nitrogen and oxygen atoms in total. The molecule has 1 N–H and O–H groups in total. The Morgan fingerprint density at radius 3 is 2.90 bits per heavy atom. The highest BCUT2D eigenvalue weighted by atomic mass is 32.2. The monoisotopic (exact) mass is 311 g/mol. The highest BCUT2D eigenvalue weighted by Gasteiger charge is 2.34. The lowest BCUT2D eigenvalue weighted by Gasteiger charge is -2.21. The van der Waals surface area contributed by atoms with Crippen LogP contribution < -0.4 is 10.1 Å². The van der Waals surface area contributed by atoms with Crippen molar-refractivity contribution in [2.24, 2.45) is 0 Å². The molecule has 0 bridgehead atoms. The van der Waals surface area contributed by atoms with Gasteiger partial charge in [0.2, 0.25) is 5.91 Å². The van der Waals surface area contributed by atoms with Crippen molar-refractivity contribution in [3.8, 4) is 5.75 Å². The Labute approximate surface area is 125 Å². The molecule has 6 heteroatoms. The third kappa shape index (κ3) is 4.20. The first-order chi connectivity index (χ1) is 10.0. The molecule has 21 heavy (non-hydrogen) atoms. The molecule has 1 unspecified atom stereocenters. The van der Waals surface area contributed by atoms with Crippen LogP contribution >= 0.6 is 0 Å². The van der Waals surface area contributed by atoms with E-state index in [0.717, 1.165) is 17.7 Å². The molecular weight excluding hydrogens is 290 g/mol. The Hall–Kier alpha value is -1.56. The zero-order valence-electron chi connectivity index (χ0n) is 12.2. The maximum absolute atomic E-state index is 12.1. The topological polar surface area (TPSA) is 72.5 Å². The number of rotatable bonds is 5. The van der Waals surface area contributed by atoms with Gasteiger partial charge in [-0.1, -0.05) is 18.6 Å². The Bertz CT molecular complexity index is 597. The molecule has 0 aromatic heterocycles. The first kappa shape index (κ1) is 15.8. The molecule has 0 saturated carbocycles. The van der Waals surface area contributed by atoms with E-state index >= 15 is 0 Å². The molecule has 1 saturated heterocycles. The van der Waals surface area contributed by atoms with Crippen LogP contribution in [0.25, 0.3) is 0 Å². The summed E-state index contributed by atoms with van der Waals surface area (Å²) < 4.78 is 29.2. The second-order valence-electron chi connectivity index (χ2n) is 5.15. The third-order valence-electron chi connectivity index (χ3n) is 3.55. The van der Waals surface area contributed by atoms with Crippen molar-refractivity contribution in [3.63, 3.8) is 0 Å². The van der Waals surface area contributed by atoms with Gasteiger partial charge in [-0.3, -0.25) is 4.79 Å². The van der Waals surface area contributed by atoms with Crippen LogP contribution in [0, 0.1) is 0 Å². The van der Waals surface area contributed by atoms with Crippen LogP contribution in [-0.2, 0) is 21.2 Å². The lowest BCUT2D eigenvalue weighted by Crippen LogP contribution is -2.42. The van der Waals surface area contributed by atoms with Crippen LogP contribution in [0.1, 0.15) is 31.7 Å². The van der Waals surface area contributed by atoms with Gasteiger partial charge in [0.05, 0.1) is 12.4 Å². The highest BCUT2D eigenvalue weighted by Crippen LogP contribution is 2.20. The van der Waals surface area contributed by atoms with Crippen LogP contribution in [0.2, 0.25) is 0 Å². The van der Waals surface area contributed by atoms with Gasteiger partial charge in [0.25, 0.3) is 0 Å². The molecule has 1 amide bonds. The van der Waals surface area contributed by atoms with Crippen molar-refractivity contribution in [1.82, 2.24) is 5.32 Å². The van der Waals surface area contributed by atoms with E-state index < -0.39 is 21.0 Å². The van der Waals surface area contributed by atoms with Gasteiger partial charge in [0.15, 0.2) is 9.84 Å². The normalized spacial score (nSPS) is 20.7. The van der Waals surface area contributed by atoms with E-state index in [2.05, 4.69) is 5.32 Å². The van der Waals surface area contributed by atoms with Crippen molar-refractivity contribution in [3.05, 3.63) is 29.8 Å². The summed E-state index contributed by atoms with van der Waals surface area (Å²) in [6.45, 7) is 2.80. The van der Waals surface area contributed by atoms with E-state index in [4.69, 9.17) is 4.74 Å². The highest BCUT2D eigenvalue weighted by molar-refractivity contribution is 7.92. The molecule has 1 aromatic carbocycles. The lowest BCUT2D eigenvalue weighted by atomic mass is 10.1.